The number of hydrogen-bond acceptors (Lipinski definition) is 10. The Morgan fingerprint density at radius 1 is 1.19 bits per heavy atom. The molecule has 1 aliphatic carbocycles. The van der Waals surface area contributed by atoms with Crippen LogP contribution in [0, 0.1) is 5.41 Å². The Hall–Kier alpha value is -2.69. The molecule has 2 aliphatic rings. The van der Waals surface area contributed by atoms with Crippen LogP contribution in [-0.4, -0.2) is 45.3 Å². The minimum atomic E-state index is -0.0439. The lowest BCUT2D eigenvalue weighted by Crippen LogP contribution is -2.45. The Balaban J connectivity index is 1.25. The van der Waals surface area contributed by atoms with Gasteiger partial charge >= 0.3 is 0 Å². The van der Waals surface area contributed by atoms with E-state index < -0.39 is 0 Å². The molecule has 3 aromatic rings. The summed E-state index contributed by atoms with van der Waals surface area (Å²) < 4.78 is 5.33. The largest absolute Gasteiger partial charge is 0.495 e. The van der Waals surface area contributed by atoms with E-state index in [0.717, 1.165) is 54.3 Å². The van der Waals surface area contributed by atoms with E-state index in [-0.39, 0.29) is 17.3 Å². The van der Waals surface area contributed by atoms with Crippen LogP contribution >= 0.6 is 23.4 Å². The standard InChI is InChI=1S/C21H23ClN8OS/c1-31-12-8-13-14(26-10-12)9-21(18(13)23)3-6-30(7-4-21)20-27-11-16(28-29-20)32-15-2-5-25-19(24)17(15)22/h2,5,8,10-11,18H,3-4,6-7,9,23H2,1H3,(H2,24,25)/t18-/m0/s1. The van der Waals surface area contributed by atoms with E-state index in [2.05, 4.69) is 30.0 Å². The lowest BCUT2D eigenvalue weighted by Gasteiger charge is -2.41. The predicted molar refractivity (Wildman–Crippen MR) is 123 cm³/mol. The van der Waals surface area contributed by atoms with Crippen LogP contribution in [-0.2, 0) is 6.42 Å². The second kappa shape index (κ2) is 8.34. The molecule has 32 heavy (non-hydrogen) atoms. The number of nitrogens with two attached hydrogens (primary N) is 2. The van der Waals surface area contributed by atoms with Crippen molar-refractivity contribution in [2.24, 2.45) is 11.1 Å². The monoisotopic (exact) mass is 470 g/mol. The fourth-order valence-electron chi connectivity index (χ4n) is 4.51. The van der Waals surface area contributed by atoms with Crippen molar-refractivity contribution in [2.45, 2.75) is 35.2 Å². The topological polar surface area (TPSA) is 129 Å². The highest BCUT2D eigenvalue weighted by Gasteiger charge is 2.47. The Bertz CT molecular complexity index is 1140. The third-order valence-corrected chi connectivity index (χ3v) is 7.86. The fourth-order valence-corrected chi connectivity index (χ4v) is 5.48. The zero-order chi connectivity index (χ0) is 22.3. The number of rotatable bonds is 4. The maximum absolute atomic E-state index is 6.70. The summed E-state index contributed by atoms with van der Waals surface area (Å²) in [7, 11) is 1.65. The number of piperidine rings is 1. The molecule has 1 aliphatic heterocycles. The molecule has 0 radical (unpaired) electrons. The minimum Gasteiger partial charge on any atom is -0.495 e. The van der Waals surface area contributed by atoms with Crippen molar-refractivity contribution in [1.29, 1.82) is 0 Å². The number of aromatic nitrogens is 5. The van der Waals surface area contributed by atoms with Gasteiger partial charge < -0.3 is 21.1 Å². The van der Waals surface area contributed by atoms with Gasteiger partial charge in [0.05, 0.1) is 24.5 Å². The van der Waals surface area contributed by atoms with Gasteiger partial charge in [0, 0.05) is 35.9 Å². The molecule has 11 heteroatoms. The van der Waals surface area contributed by atoms with Crippen LogP contribution in [0.3, 0.4) is 0 Å². The highest BCUT2D eigenvalue weighted by molar-refractivity contribution is 7.99. The van der Waals surface area contributed by atoms with Crippen molar-refractivity contribution in [2.75, 3.05) is 30.8 Å². The smallest absolute Gasteiger partial charge is 0.245 e. The molecule has 3 aromatic heterocycles. The summed E-state index contributed by atoms with van der Waals surface area (Å²) in [6.07, 6.45) is 7.87. The van der Waals surface area contributed by atoms with Crippen LogP contribution < -0.4 is 21.1 Å². The summed E-state index contributed by atoms with van der Waals surface area (Å²) in [5, 5.41) is 9.71. The van der Waals surface area contributed by atoms with Gasteiger partial charge in [-0.15, -0.1) is 10.2 Å². The maximum atomic E-state index is 6.70. The molecule has 1 spiro atoms. The molecule has 4 N–H and O–H groups in total. The summed E-state index contributed by atoms with van der Waals surface area (Å²) in [5.74, 6) is 1.66. The number of hydrogen-bond donors (Lipinski definition) is 2. The first-order valence-electron chi connectivity index (χ1n) is 10.3. The van der Waals surface area contributed by atoms with Gasteiger partial charge in [0.1, 0.15) is 16.6 Å². The van der Waals surface area contributed by atoms with Crippen molar-refractivity contribution in [1.82, 2.24) is 25.1 Å². The first-order valence-corrected chi connectivity index (χ1v) is 11.5. The van der Waals surface area contributed by atoms with Gasteiger partial charge in [0.2, 0.25) is 5.95 Å². The summed E-state index contributed by atoms with van der Waals surface area (Å²) in [5.41, 5.74) is 14.7. The molecule has 4 heterocycles. The van der Waals surface area contributed by atoms with Gasteiger partial charge in [0.15, 0.2) is 0 Å². The van der Waals surface area contributed by atoms with E-state index in [1.165, 1.54) is 11.8 Å². The molecule has 166 valence electrons. The number of anilines is 2. The van der Waals surface area contributed by atoms with E-state index in [4.69, 9.17) is 27.8 Å². The van der Waals surface area contributed by atoms with Crippen LogP contribution in [0.4, 0.5) is 11.8 Å². The summed E-state index contributed by atoms with van der Waals surface area (Å²) in [6, 6.07) is 3.77. The normalized spacial score (nSPS) is 19.2. The Morgan fingerprint density at radius 3 is 2.72 bits per heavy atom. The van der Waals surface area contributed by atoms with Gasteiger partial charge in [0.25, 0.3) is 0 Å². The van der Waals surface area contributed by atoms with Crippen molar-refractivity contribution < 1.29 is 4.74 Å². The van der Waals surface area contributed by atoms with Gasteiger partial charge in [-0.3, -0.25) is 4.98 Å². The number of nitrogens with zero attached hydrogens (tertiary/aromatic N) is 6. The number of pyridine rings is 2. The molecule has 0 unspecified atom stereocenters. The van der Waals surface area contributed by atoms with E-state index in [1.54, 1.807) is 31.8 Å². The fraction of sp³-hybridized carbons (Fsp3) is 0.381. The second-order valence-electron chi connectivity index (χ2n) is 8.12. The van der Waals surface area contributed by atoms with Gasteiger partial charge in [-0.2, -0.15) is 0 Å². The Kier molecular flexibility index (Phi) is 5.52. The number of methoxy groups -OCH3 is 1. The van der Waals surface area contributed by atoms with Crippen LogP contribution in [0.15, 0.2) is 40.6 Å². The highest BCUT2D eigenvalue weighted by Crippen LogP contribution is 2.50. The molecule has 5 rings (SSSR count). The minimum absolute atomic E-state index is 0.0133. The molecule has 9 nitrogen and oxygen atoms in total. The molecule has 1 saturated heterocycles. The number of fused-ring (bicyclic) bond motifs is 1. The van der Waals surface area contributed by atoms with Crippen LogP contribution in [0.1, 0.15) is 30.1 Å². The zero-order valence-electron chi connectivity index (χ0n) is 17.5. The lowest BCUT2D eigenvalue weighted by molar-refractivity contribution is 0.186. The first kappa shape index (κ1) is 21.2. The third-order valence-electron chi connectivity index (χ3n) is 6.39. The number of ether oxygens (including phenoxy) is 1. The molecule has 0 bridgehead atoms. The summed E-state index contributed by atoms with van der Waals surface area (Å²) in [4.78, 5) is 16.0. The van der Waals surface area contributed by atoms with Crippen LogP contribution in [0.5, 0.6) is 5.75 Å². The highest BCUT2D eigenvalue weighted by atomic mass is 35.5. The van der Waals surface area contributed by atoms with Crippen molar-refractivity contribution in [3.05, 3.63) is 47.0 Å². The second-order valence-corrected chi connectivity index (χ2v) is 9.56. The molecule has 0 aromatic carbocycles. The number of halogens is 1. The summed E-state index contributed by atoms with van der Waals surface area (Å²) >= 11 is 7.57. The Labute approximate surface area is 194 Å². The van der Waals surface area contributed by atoms with Gasteiger partial charge in [-0.1, -0.05) is 23.4 Å². The van der Waals surface area contributed by atoms with Crippen molar-refractivity contribution in [3.63, 3.8) is 0 Å². The zero-order valence-corrected chi connectivity index (χ0v) is 19.1. The number of nitrogen functional groups attached to an aromatic ring is 1. The first-order chi connectivity index (χ1) is 15.5. The lowest BCUT2D eigenvalue weighted by atomic mass is 9.73. The van der Waals surface area contributed by atoms with E-state index >= 15 is 0 Å². The van der Waals surface area contributed by atoms with E-state index in [1.807, 2.05) is 6.07 Å². The van der Waals surface area contributed by atoms with Crippen molar-refractivity contribution >= 4 is 35.1 Å². The molecular weight excluding hydrogens is 448 g/mol. The molecule has 0 amide bonds. The van der Waals surface area contributed by atoms with Crippen LogP contribution in [0.2, 0.25) is 5.02 Å². The average Bonchev–Trinajstić information content (AvgIpc) is 3.08. The van der Waals surface area contributed by atoms with E-state index in [9.17, 15) is 0 Å². The summed E-state index contributed by atoms with van der Waals surface area (Å²) in [6.45, 7) is 1.64. The third kappa shape index (κ3) is 3.72. The predicted octanol–water partition coefficient (Wildman–Crippen LogP) is 2.90. The molecule has 1 atom stereocenters. The molecular formula is C21H23ClN8OS. The van der Waals surface area contributed by atoms with Crippen molar-refractivity contribution in [3.8, 4) is 5.75 Å². The van der Waals surface area contributed by atoms with E-state index in [0.29, 0.717) is 16.0 Å². The van der Waals surface area contributed by atoms with Gasteiger partial charge in [-0.25, -0.2) is 9.97 Å². The van der Waals surface area contributed by atoms with Gasteiger partial charge in [-0.05, 0) is 42.4 Å². The molecule has 1 fully saturated rings. The van der Waals surface area contributed by atoms with Crippen LogP contribution in [0.25, 0.3) is 0 Å². The quantitative estimate of drug-likeness (QED) is 0.586. The maximum Gasteiger partial charge on any atom is 0.245 e. The Morgan fingerprint density at radius 2 is 2.00 bits per heavy atom. The SMILES string of the molecule is COc1cnc2c(c1)[C@H](N)C1(CCN(c3ncc(Sc4ccnc(N)c4Cl)nn3)CC1)C2. The average molecular weight is 471 g/mol. The molecule has 0 saturated carbocycles.